The monoisotopic (exact) mass is 409 g/mol. The highest BCUT2D eigenvalue weighted by Crippen LogP contribution is 2.31. The normalized spacial score (nSPS) is 21.7. The Bertz CT molecular complexity index is 528. The van der Waals surface area contributed by atoms with E-state index in [4.69, 9.17) is 9.73 Å². The molecule has 0 radical (unpaired) electrons. The lowest BCUT2D eigenvalue weighted by atomic mass is 10.1. The van der Waals surface area contributed by atoms with Crippen LogP contribution < -0.4 is 16.0 Å². The van der Waals surface area contributed by atoms with Gasteiger partial charge in [0.15, 0.2) is 5.96 Å². The van der Waals surface area contributed by atoms with E-state index in [1.54, 1.807) is 0 Å². The van der Waals surface area contributed by atoms with Gasteiger partial charge in [-0.25, -0.2) is 4.79 Å². The fourth-order valence-electron chi connectivity index (χ4n) is 3.71. The predicted octanol–water partition coefficient (Wildman–Crippen LogP) is 3.11. The van der Waals surface area contributed by atoms with Crippen LogP contribution in [0.3, 0.4) is 0 Å². The lowest BCUT2D eigenvalue weighted by Crippen LogP contribution is -2.49. The van der Waals surface area contributed by atoms with Crippen molar-refractivity contribution < 1.29 is 9.53 Å². The Morgan fingerprint density at radius 3 is 2.59 bits per heavy atom. The minimum absolute atomic E-state index is 0.131. The zero-order chi connectivity index (χ0) is 21.3. The van der Waals surface area contributed by atoms with E-state index >= 15 is 0 Å². The number of carbonyl (C=O) groups is 1. The van der Waals surface area contributed by atoms with E-state index in [0.717, 1.165) is 44.4 Å². The van der Waals surface area contributed by atoms with Gasteiger partial charge in [0.05, 0.1) is 0 Å². The fraction of sp³-hybridized carbons (Fsp3) is 0.909. The molecule has 1 saturated carbocycles. The smallest absolute Gasteiger partial charge is 0.407 e. The van der Waals surface area contributed by atoms with Crippen LogP contribution in [0.15, 0.2) is 4.99 Å². The molecule has 168 valence electrons. The number of carbonyl (C=O) groups excluding carboxylic acids is 1. The van der Waals surface area contributed by atoms with Gasteiger partial charge in [-0.15, -0.1) is 0 Å². The zero-order valence-corrected chi connectivity index (χ0v) is 19.2. The average molecular weight is 410 g/mol. The first-order chi connectivity index (χ1) is 13.8. The molecule has 7 nitrogen and oxygen atoms in total. The van der Waals surface area contributed by atoms with E-state index in [1.165, 1.54) is 32.4 Å². The first-order valence-electron chi connectivity index (χ1n) is 11.6. The second-order valence-electron chi connectivity index (χ2n) is 9.47. The minimum Gasteiger partial charge on any atom is -0.444 e. The Hall–Kier alpha value is -1.50. The SMILES string of the molecule is CCCCC(CNC(=O)OC(C)(C)C)NC(=NCC1CCN(C2CC2)C1)NCC. The summed E-state index contributed by atoms with van der Waals surface area (Å²) in [7, 11) is 0. The summed E-state index contributed by atoms with van der Waals surface area (Å²) in [6.45, 7) is 14.5. The van der Waals surface area contributed by atoms with E-state index in [0.29, 0.717) is 12.5 Å². The Morgan fingerprint density at radius 2 is 1.97 bits per heavy atom. The number of likely N-dealkylation sites (tertiary alicyclic amines) is 1. The van der Waals surface area contributed by atoms with Crippen LogP contribution >= 0.6 is 0 Å². The van der Waals surface area contributed by atoms with Crippen LogP contribution in [0.1, 0.15) is 73.1 Å². The van der Waals surface area contributed by atoms with Gasteiger partial charge in [-0.2, -0.15) is 0 Å². The molecule has 2 atom stereocenters. The number of nitrogens with one attached hydrogen (secondary N) is 3. The number of amides is 1. The lowest BCUT2D eigenvalue weighted by Gasteiger charge is -2.24. The van der Waals surface area contributed by atoms with Gasteiger partial charge >= 0.3 is 6.09 Å². The number of aliphatic imine (C=N–C) groups is 1. The molecular formula is C22H43N5O2. The second kappa shape index (κ2) is 11.6. The van der Waals surface area contributed by atoms with Crippen molar-refractivity contribution in [2.45, 2.75) is 90.8 Å². The standard InChI is InChI=1S/C22H43N5O2/c1-6-8-9-18(15-25-21(28)29-22(3,4)5)26-20(23-7-2)24-14-17-12-13-27(16-17)19-10-11-19/h17-19H,6-16H2,1-5H3,(H,25,28)(H2,23,24,26). The first kappa shape index (κ1) is 23.8. The van der Waals surface area contributed by atoms with E-state index in [-0.39, 0.29) is 12.1 Å². The number of guanidine groups is 1. The molecule has 0 aromatic carbocycles. The van der Waals surface area contributed by atoms with Crippen molar-refractivity contribution in [2.24, 2.45) is 10.9 Å². The molecule has 29 heavy (non-hydrogen) atoms. The maximum absolute atomic E-state index is 12.0. The minimum atomic E-state index is -0.484. The molecule has 1 aliphatic heterocycles. The maximum Gasteiger partial charge on any atom is 0.407 e. The van der Waals surface area contributed by atoms with Crippen LogP contribution in [-0.2, 0) is 4.74 Å². The predicted molar refractivity (Wildman–Crippen MR) is 119 cm³/mol. The van der Waals surface area contributed by atoms with Crippen LogP contribution in [-0.4, -0.2) is 67.4 Å². The molecule has 3 N–H and O–H groups in total. The van der Waals surface area contributed by atoms with Crippen molar-refractivity contribution in [3.63, 3.8) is 0 Å². The largest absolute Gasteiger partial charge is 0.444 e. The van der Waals surface area contributed by atoms with E-state index in [2.05, 4.69) is 34.7 Å². The fourth-order valence-corrected chi connectivity index (χ4v) is 3.71. The topological polar surface area (TPSA) is 78.0 Å². The molecule has 2 fully saturated rings. The molecule has 2 aliphatic rings. The van der Waals surface area contributed by atoms with Gasteiger partial charge in [0.1, 0.15) is 5.60 Å². The number of alkyl carbamates (subject to hydrolysis) is 1. The molecule has 0 spiro atoms. The van der Waals surface area contributed by atoms with Crippen molar-refractivity contribution >= 4 is 12.1 Å². The molecule has 2 rings (SSSR count). The summed E-state index contributed by atoms with van der Waals surface area (Å²) < 4.78 is 5.37. The molecule has 1 saturated heterocycles. The summed E-state index contributed by atoms with van der Waals surface area (Å²) in [5.41, 5.74) is -0.484. The van der Waals surface area contributed by atoms with Crippen molar-refractivity contribution in [1.29, 1.82) is 0 Å². The van der Waals surface area contributed by atoms with Gasteiger partial charge in [0, 0.05) is 38.3 Å². The first-order valence-corrected chi connectivity index (χ1v) is 11.6. The molecule has 7 heteroatoms. The van der Waals surface area contributed by atoms with Gasteiger partial charge in [0.25, 0.3) is 0 Å². The maximum atomic E-state index is 12.0. The Balaban J connectivity index is 1.85. The van der Waals surface area contributed by atoms with E-state index < -0.39 is 5.60 Å². The van der Waals surface area contributed by atoms with E-state index in [9.17, 15) is 4.79 Å². The van der Waals surface area contributed by atoms with Crippen LogP contribution in [0, 0.1) is 5.92 Å². The summed E-state index contributed by atoms with van der Waals surface area (Å²) in [4.78, 5) is 19.5. The van der Waals surface area contributed by atoms with Crippen LogP contribution in [0.5, 0.6) is 0 Å². The molecule has 0 aromatic rings. The summed E-state index contributed by atoms with van der Waals surface area (Å²) in [6, 6.07) is 0.986. The van der Waals surface area contributed by atoms with Crippen molar-refractivity contribution in [3.05, 3.63) is 0 Å². The highest BCUT2D eigenvalue weighted by Gasteiger charge is 2.34. The van der Waals surface area contributed by atoms with Crippen LogP contribution in [0.4, 0.5) is 4.79 Å². The number of hydrogen-bond acceptors (Lipinski definition) is 4. The summed E-state index contributed by atoms with van der Waals surface area (Å²) in [6.07, 6.45) is 6.85. The quantitative estimate of drug-likeness (QED) is 0.382. The Labute approximate surface area is 177 Å². The second-order valence-corrected chi connectivity index (χ2v) is 9.47. The number of hydrogen-bond donors (Lipinski definition) is 3. The van der Waals surface area contributed by atoms with Crippen molar-refractivity contribution in [3.8, 4) is 0 Å². The molecular weight excluding hydrogens is 366 g/mol. The lowest BCUT2D eigenvalue weighted by molar-refractivity contribution is 0.0522. The molecule has 0 aromatic heterocycles. The zero-order valence-electron chi connectivity index (χ0n) is 19.2. The summed E-state index contributed by atoms with van der Waals surface area (Å²) in [5, 5.41) is 9.81. The molecule has 1 amide bonds. The van der Waals surface area contributed by atoms with Gasteiger partial charge < -0.3 is 25.6 Å². The third-order valence-electron chi connectivity index (χ3n) is 5.37. The van der Waals surface area contributed by atoms with Crippen LogP contribution in [0.2, 0.25) is 0 Å². The summed E-state index contributed by atoms with van der Waals surface area (Å²) in [5.74, 6) is 1.50. The number of rotatable bonds is 10. The van der Waals surface area contributed by atoms with Gasteiger partial charge in [-0.05, 0) is 65.8 Å². The highest BCUT2D eigenvalue weighted by atomic mass is 16.6. The Kier molecular flexibility index (Phi) is 9.53. The Morgan fingerprint density at radius 1 is 1.21 bits per heavy atom. The molecule has 0 bridgehead atoms. The van der Waals surface area contributed by atoms with E-state index in [1.807, 2.05) is 20.8 Å². The molecule has 2 unspecified atom stereocenters. The third kappa shape index (κ3) is 9.70. The van der Waals surface area contributed by atoms with Gasteiger partial charge in [-0.3, -0.25) is 4.99 Å². The molecule has 1 aliphatic carbocycles. The van der Waals surface area contributed by atoms with Crippen molar-refractivity contribution in [1.82, 2.24) is 20.9 Å². The number of unbranched alkanes of at least 4 members (excludes halogenated alkanes) is 1. The summed E-state index contributed by atoms with van der Waals surface area (Å²) >= 11 is 0. The third-order valence-corrected chi connectivity index (χ3v) is 5.37. The van der Waals surface area contributed by atoms with Gasteiger partial charge in [-0.1, -0.05) is 19.8 Å². The number of ether oxygens (including phenoxy) is 1. The van der Waals surface area contributed by atoms with Crippen LogP contribution in [0.25, 0.3) is 0 Å². The van der Waals surface area contributed by atoms with Crippen molar-refractivity contribution in [2.75, 3.05) is 32.7 Å². The number of nitrogens with zero attached hydrogens (tertiary/aromatic N) is 2. The van der Waals surface area contributed by atoms with Gasteiger partial charge in [0.2, 0.25) is 0 Å². The average Bonchev–Trinajstić information content (AvgIpc) is 3.39. The molecule has 1 heterocycles. The highest BCUT2D eigenvalue weighted by molar-refractivity contribution is 5.80.